The summed E-state index contributed by atoms with van der Waals surface area (Å²) in [6, 6.07) is 24.7. The Hall–Kier alpha value is -4.38. The first-order valence-electron chi connectivity index (χ1n) is 10.6. The zero-order chi connectivity index (χ0) is 22.9. The van der Waals surface area contributed by atoms with Crippen molar-refractivity contribution < 1.29 is 25.2 Å². The van der Waals surface area contributed by atoms with E-state index in [0.717, 1.165) is 33.6 Å². The van der Waals surface area contributed by atoms with E-state index in [1.807, 2.05) is 48.6 Å². The van der Waals surface area contributed by atoms with E-state index < -0.39 is 6.10 Å². The Kier molecular flexibility index (Phi) is 5.15. The minimum absolute atomic E-state index is 0.174. The van der Waals surface area contributed by atoms with Gasteiger partial charge in [-0.05, 0) is 70.8 Å². The fourth-order valence-corrected chi connectivity index (χ4v) is 4.18. The Balaban J connectivity index is 1.55. The van der Waals surface area contributed by atoms with Crippen LogP contribution in [0.2, 0.25) is 0 Å². The van der Waals surface area contributed by atoms with Gasteiger partial charge < -0.3 is 25.2 Å². The van der Waals surface area contributed by atoms with Gasteiger partial charge in [0.25, 0.3) is 0 Å². The first kappa shape index (κ1) is 20.5. The molecular weight excluding hydrogens is 416 g/mol. The first-order valence-corrected chi connectivity index (χ1v) is 10.6. The molecule has 4 aromatic rings. The quantitative estimate of drug-likeness (QED) is 0.234. The van der Waals surface area contributed by atoms with E-state index in [2.05, 4.69) is 6.07 Å². The number of phenolic OH excluding ortho intramolecular Hbond substituents is 4. The number of aromatic hydroxyl groups is 4. The third-order valence-corrected chi connectivity index (χ3v) is 5.87. The van der Waals surface area contributed by atoms with Crippen LogP contribution in [0.4, 0.5) is 0 Å². The fourth-order valence-electron chi connectivity index (χ4n) is 4.18. The summed E-state index contributed by atoms with van der Waals surface area (Å²) in [6.07, 6.45) is 3.56. The fraction of sp³-hybridized carbons (Fsp3) is 0.0714. The van der Waals surface area contributed by atoms with Crippen molar-refractivity contribution in [3.8, 4) is 28.7 Å². The zero-order valence-corrected chi connectivity index (χ0v) is 17.6. The van der Waals surface area contributed by atoms with E-state index in [4.69, 9.17) is 4.74 Å². The Morgan fingerprint density at radius 3 is 1.88 bits per heavy atom. The predicted molar refractivity (Wildman–Crippen MR) is 127 cm³/mol. The lowest BCUT2D eigenvalue weighted by atomic mass is 9.84. The standard InChI is InChI=1S/C28H22O5/c29-21-9-3-17(4-10-21)1-2-18-5-14-26-23(15-18)27(19-6-11-22(30)12-7-19)28(33-26)20-8-13-24(31)25(32)16-20/h1-16,27-32H/b2-1+. The average molecular weight is 438 g/mol. The lowest BCUT2D eigenvalue weighted by molar-refractivity contribution is 0.221. The van der Waals surface area contributed by atoms with Crippen molar-refractivity contribution in [2.75, 3.05) is 0 Å². The molecule has 2 unspecified atom stereocenters. The molecule has 0 amide bonds. The Morgan fingerprint density at radius 2 is 1.18 bits per heavy atom. The Bertz CT molecular complexity index is 1320. The number of hydrogen-bond acceptors (Lipinski definition) is 5. The van der Waals surface area contributed by atoms with Crippen LogP contribution in [0.3, 0.4) is 0 Å². The van der Waals surface area contributed by atoms with E-state index in [-0.39, 0.29) is 28.9 Å². The molecule has 1 heterocycles. The van der Waals surface area contributed by atoms with Crippen molar-refractivity contribution in [1.29, 1.82) is 0 Å². The maximum Gasteiger partial charge on any atom is 0.157 e. The van der Waals surface area contributed by atoms with Gasteiger partial charge in [-0.25, -0.2) is 0 Å². The number of ether oxygens (including phenoxy) is 1. The molecule has 1 aliphatic heterocycles. The second-order valence-electron chi connectivity index (χ2n) is 8.08. The summed E-state index contributed by atoms with van der Waals surface area (Å²) in [5, 5.41) is 39.0. The van der Waals surface area contributed by atoms with Gasteiger partial charge in [0.1, 0.15) is 23.4 Å². The van der Waals surface area contributed by atoms with Gasteiger partial charge in [0.2, 0.25) is 0 Å². The summed E-state index contributed by atoms with van der Waals surface area (Å²) < 4.78 is 6.31. The van der Waals surface area contributed by atoms with Gasteiger partial charge in [-0.1, -0.05) is 48.6 Å². The van der Waals surface area contributed by atoms with Crippen LogP contribution in [0.15, 0.2) is 84.9 Å². The largest absolute Gasteiger partial charge is 0.508 e. The summed E-state index contributed by atoms with van der Waals surface area (Å²) in [7, 11) is 0. The maximum atomic E-state index is 10.0. The molecule has 0 aromatic heterocycles. The third kappa shape index (κ3) is 4.08. The van der Waals surface area contributed by atoms with Crippen LogP contribution in [0.5, 0.6) is 28.7 Å². The normalized spacial score (nSPS) is 17.1. The molecule has 0 aliphatic carbocycles. The summed E-state index contributed by atoms with van der Waals surface area (Å²) in [5.41, 5.74) is 4.65. The molecule has 4 N–H and O–H groups in total. The maximum absolute atomic E-state index is 10.0. The molecule has 0 fully saturated rings. The molecule has 5 nitrogen and oxygen atoms in total. The monoisotopic (exact) mass is 438 g/mol. The second kappa shape index (κ2) is 8.28. The summed E-state index contributed by atoms with van der Waals surface area (Å²) >= 11 is 0. The molecule has 5 heteroatoms. The van der Waals surface area contributed by atoms with Gasteiger partial charge in [0.05, 0.1) is 5.92 Å². The van der Waals surface area contributed by atoms with Crippen LogP contribution in [-0.4, -0.2) is 20.4 Å². The number of benzene rings is 4. The molecule has 164 valence electrons. The van der Waals surface area contributed by atoms with Crippen molar-refractivity contribution in [3.63, 3.8) is 0 Å². The van der Waals surface area contributed by atoms with E-state index >= 15 is 0 Å². The molecule has 0 saturated carbocycles. The second-order valence-corrected chi connectivity index (χ2v) is 8.08. The molecule has 33 heavy (non-hydrogen) atoms. The van der Waals surface area contributed by atoms with E-state index in [9.17, 15) is 20.4 Å². The van der Waals surface area contributed by atoms with E-state index in [1.54, 1.807) is 30.3 Å². The zero-order valence-electron chi connectivity index (χ0n) is 17.6. The minimum Gasteiger partial charge on any atom is -0.508 e. The molecule has 0 bridgehead atoms. The van der Waals surface area contributed by atoms with Gasteiger partial charge >= 0.3 is 0 Å². The molecule has 0 saturated heterocycles. The van der Waals surface area contributed by atoms with Crippen molar-refractivity contribution in [2.24, 2.45) is 0 Å². The van der Waals surface area contributed by atoms with Gasteiger partial charge in [-0.15, -0.1) is 0 Å². The van der Waals surface area contributed by atoms with Crippen LogP contribution < -0.4 is 4.74 Å². The predicted octanol–water partition coefficient (Wildman–Crippen LogP) is 5.95. The van der Waals surface area contributed by atoms with Crippen LogP contribution in [0, 0.1) is 0 Å². The molecule has 0 spiro atoms. The smallest absolute Gasteiger partial charge is 0.157 e. The van der Waals surface area contributed by atoms with Crippen LogP contribution in [0.25, 0.3) is 12.2 Å². The topological polar surface area (TPSA) is 90.2 Å². The number of phenols is 4. The van der Waals surface area contributed by atoms with Crippen LogP contribution in [0.1, 0.15) is 39.8 Å². The Morgan fingerprint density at radius 1 is 0.576 bits per heavy atom. The molecule has 5 rings (SSSR count). The minimum atomic E-state index is -0.410. The highest BCUT2D eigenvalue weighted by Crippen LogP contribution is 2.50. The number of rotatable bonds is 4. The highest BCUT2D eigenvalue weighted by Gasteiger charge is 2.37. The SMILES string of the molecule is Oc1ccc(/C=C/c2ccc3c(c2)C(c2ccc(O)cc2)C(c2ccc(O)c(O)c2)O3)cc1. The van der Waals surface area contributed by atoms with Gasteiger partial charge in [0, 0.05) is 5.56 Å². The van der Waals surface area contributed by atoms with Crippen molar-refractivity contribution in [1.82, 2.24) is 0 Å². The highest BCUT2D eigenvalue weighted by molar-refractivity contribution is 5.71. The summed E-state index contributed by atoms with van der Waals surface area (Å²) in [6.45, 7) is 0. The summed E-state index contributed by atoms with van der Waals surface area (Å²) in [4.78, 5) is 0. The molecule has 1 aliphatic rings. The lowest BCUT2D eigenvalue weighted by Gasteiger charge is -2.20. The lowest BCUT2D eigenvalue weighted by Crippen LogP contribution is -2.11. The van der Waals surface area contributed by atoms with E-state index in [1.165, 1.54) is 12.1 Å². The molecule has 0 radical (unpaired) electrons. The highest BCUT2D eigenvalue weighted by atomic mass is 16.5. The first-order chi connectivity index (χ1) is 16.0. The summed E-state index contributed by atoms with van der Waals surface area (Å²) in [5.74, 6) is 0.595. The van der Waals surface area contributed by atoms with Gasteiger partial charge in [-0.3, -0.25) is 0 Å². The van der Waals surface area contributed by atoms with E-state index in [0.29, 0.717) is 0 Å². The van der Waals surface area contributed by atoms with Crippen molar-refractivity contribution >= 4 is 12.2 Å². The number of hydrogen-bond donors (Lipinski definition) is 4. The molecule has 2 atom stereocenters. The average Bonchev–Trinajstić information content (AvgIpc) is 3.20. The van der Waals surface area contributed by atoms with Gasteiger partial charge in [-0.2, -0.15) is 0 Å². The van der Waals surface area contributed by atoms with Crippen LogP contribution >= 0.6 is 0 Å². The Labute approximate surface area is 191 Å². The molecule has 4 aromatic carbocycles. The number of fused-ring (bicyclic) bond motifs is 1. The third-order valence-electron chi connectivity index (χ3n) is 5.87. The van der Waals surface area contributed by atoms with Gasteiger partial charge in [0.15, 0.2) is 11.5 Å². The molecular formula is C28H22O5. The van der Waals surface area contributed by atoms with Crippen LogP contribution in [-0.2, 0) is 0 Å². The van der Waals surface area contributed by atoms with Crippen molar-refractivity contribution in [2.45, 2.75) is 12.0 Å². The van der Waals surface area contributed by atoms with Crippen molar-refractivity contribution in [3.05, 3.63) is 113 Å².